The first-order valence-corrected chi connectivity index (χ1v) is 15.9. The molecular weight excluding hydrogens is 562 g/mol. The number of carbonyl (C=O) groups is 1. The minimum Gasteiger partial charge on any atom is -0.493 e. The predicted octanol–water partition coefficient (Wildman–Crippen LogP) is 5.76. The van der Waals surface area contributed by atoms with Gasteiger partial charge < -0.3 is 19.4 Å². The highest BCUT2D eigenvalue weighted by atomic mass is 32.2. The van der Waals surface area contributed by atoms with E-state index >= 15 is 0 Å². The van der Waals surface area contributed by atoms with Crippen molar-refractivity contribution < 1.29 is 22.7 Å². The van der Waals surface area contributed by atoms with Gasteiger partial charge in [-0.3, -0.25) is 4.79 Å². The van der Waals surface area contributed by atoms with Crippen LogP contribution in [0.4, 0.5) is 0 Å². The van der Waals surface area contributed by atoms with Crippen LogP contribution in [0.3, 0.4) is 0 Å². The SMILES string of the molecule is COc1ccc(CN(CCc2c[nH]c3ccccc23)C(=O)CN(C2CC2)S(=O)(=O)c2cccc3ccccc23)cc1OC. The lowest BCUT2D eigenvalue weighted by Crippen LogP contribution is -2.44. The number of para-hydroxylation sites is 1. The minimum atomic E-state index is -3.93. The van der Waals surface area contributed by atoms with Gasteiger partial charge in [-0.1, -0.05) is 60.7 Å². The summed E-state index contributed by atoms with van der Waals surface area (Å²) in [6, 6.07) is 26.2. The average Bonchev–Trinajstić information content (AvgIpc) is 3.80. The Kier molecular flexibility index (Phi) is 8.10. The molecule has 6 rings (SSSR count). The van der Waals surface area contributed by atoms with Gasteiger partial charge in [0.05, 0.1) is 25.7 Å². The first kappa shape index (κ1) is 28.8. The Balaban J connectivity index is 1.30. The summed E-state index contributed by atoms with van der Waals surface area (Å²) in [5, 5.41) is 2.61. The predicted molar refractivity (Wildman–Crippen MR) is 168 cm³/mol. The number of H-pyrrole nitrogens is 1. The van der Waals surface area contributed by atoms with E-state index in [9.17, 15) is 13.2 Å². The molecule has 0 atom stereocenters. The van der Waals surface area contributed by atoms with Gasteiger partial charge in [0.1, 0.15) is 0 Å². The third-order valence-corrected chi connectivity index (χ3v) is 10.0. The van der Waals surface area contributed by atoms with Crippen molar-refractivity contribution in [3.05, 3.63) is 102 Å². The van der Waals surface area contributed by atoms with Crippen LogP contribution < -0.4 is 9.47 Å². The van der Waals surface area contributed by atoms with E-state index in [1.54, 1.807) is 31.3 Å². The lowest BCUT2D eigenvalue weighted by Gasteiger charge is -2.28. The van der Waals surface area contributed by atoms with E-state index in [4.69, 9.17) is 9.47 Å². The summed E-state index contributed by atoms with van der Waals surface area (Å²) in [4.78, 5) is 19.4. The molecular formula is C34H35N3O5S. The fraction of sp³-hybridized carbons (Fsp3) is 0.265. The van der Waals surface area contributed by atoms with Crippen molar-refractivity contribution in [3.8, 4) is 11.5 Å². The van der Waals surface area contributed by atoms with Gasteiger partial charge in [-0.15, -0.1) is 0 Å². The molecule has 0 saturated heterocycles. The second-order valence-electron chi connectivity index (χ2n) is 10.9. The van der Waals surface area contributed by atoms with Gasteiger partial charge in [-0.2, -0.15) is 4.31 Å². The van der Waals surface area contributed by atoms with Gasteiger partial charge in [-0.25, -0.2) is 8.42 Å². The molecule has 4 aromatic carbocycles. The lowest BCUT2D eigenvalue weighted by molar-refractivity contribution is -0.132. The summed E-state index contributed by atoms with van der Waals surface area (Å²) < 4.78 is 40.5. The third-order valence-electron chi connectivity index (χ3n) is 8.08. The van der Waals surface area contributed by atoms with E-state index in [1.165, 1.54) is 4.31 Å². The van der Waals surface area contributed by atoms with Crippen molar-refractivity contribution in [3.63, 3.8) is 0 Å². The van der Waals surface area contributed by atoms with Gasteiger partial charge >= 0.3 is 0 Å². The molecule has 43 heavy (non-hydrogen) atoms. The number of hydrogen-bond donors (Lipinski definition) is 1. The second-order valence-corrected chi connectivity index (χ2v) is 12.7. The summed E-state index contributed by atoms with van der Waals surface area (Å²) >= 11 is 0. The number of methoxy groups -OCH3 is 2. The number of fused-ring (bicyclic) bond motifs is 2. The van der Waals surface area contributed by atoms with E-state index in [0.717, 1.165) is 40.3 Å². The summed E-state index contributed by atoms with van der Waals surface area (Å²) in [5.41, 5.74) is 3.00. The third kappa shape index (κ3) is 5.96. The molecule has 1 amide bonds. The maximum Gasteiger partial charge on any atom is 0.244 e. The van der Waals surface area contributed by atoms with Crippen LogP contribution in [-0.4, -0.2) is 61.9 Å². The van der Waals surface area contributed by atoms with Crippen molar-refractivity contribution in [1.29, 1.82) is 0 Å². The van der Waals surface area contributed by atoms with Gasteiger partial charge in [0, 0.05) is 41.6 Å². The van der Waals surface area contributed by atoms with E-state index in [2.05, 4.69) is 11.1 Å². The Morgan fingerprint density at radius 1 is 0.884 bits per heavy atom. The highest BCUT2D eigenvalue weighted by Crippen LogP contribution is 2.35. The Bertz CT molecular complexity index is 1870. The Hall–Kier alpha value is -4.34. The van der Waals surface area contributed by atoms with Crippen LogP contribution in [0.5, 0.6) is 11.5 Å². The lowest BCUT2D eigenvalue weighted by atomic mass is 10.1. The largest absolute Gasteiger partial charge is 0.493 e. The van der Waals surface area contributed by atoms with Gasteiger partial charge in [0.25, 0.3) is 0 Å². The van der Waals surface area contributed by atoms with Crippen LogP contribution in [0.2, 0.25) is 0 Å². The molecule has 1 heterocycles. The van der Waals surface area contributed by atoms with Crippen LogP contribution in [-0.2, 0) is 27.8 Å². The standard InChI is InChI=1S/C34H35N3O5S/c1-41-31-17-14-24(20-32(31)42-2)22-36(19-18-26-21-35-30-12-6-5-10-28(26)30)34(38)23-37(27-15-16-27)43(39,40)33-13-7-9-25-8-3-4-11-29(25)33/h3-14,17,20-21,27,35H,15-16,18-19,22-23H2,1-2H3. The molecule has 0 aliphatic heterocycles. The van der Waals surface area contributed by atoms with Gasteiger partial charge in [0.2, 0.25) is 15.9 Å². The number of aromatic nitrogens is 1. The monoisotopic (exact) mass is 597 g/mol. The number of hydrogen-bond acceptors (Lipinski definition) is 5. The zero-order chi connectivity index (χ0) is 30.0. The molecule has 0 spiro atoms. The van der Waals surface area contributed by atoms with Crippen molar-refractivity contribution in [2.24, 2.45) is 0 Å². The molecule has 1 fully saturated rings. The van der Waals surface area contributed by atoms with E-state index in [1.807, 2.05) is 72.9 Å². The Morgan fingerprint density at radius 3 is 2.37 bits per heavy atom. The summed E-state index contributed by atoms with van der Waals surface area (Å²) in [5.74, 6) is 0.927. The topological polar surface area (TPSA) is 91.9 Å². The van der Waals surface area contributed by atoms with Crippen LogP contribution in [0.15, 0.2) is 96.0 Å². The summed E-state index contributed by atoms with van der Waals surface area (Å²) in [6.45, 7) is 0.494. The summed E-state index contributed by atoms with van der Waals surface area (Å²) in [6.07, 6.45) is 4.07. The molecule has 5 aromatic rings. The second kappa shape index (κ2) is 12.1. The quantitative estimate of drug-likeness (QED) is 0.197. The number of rotatable bonds is 12. The van der Waals surface area contributed by atoms with Crippen LogP contribution in [0.1, 0.15) is 24.0 Å². The fourth-order valence-corrected chi connectivity index (χ4v) is 7.49. The number of sulfonamides is 1. The number of nitrogens with one attached hydrogen (secondary N) is 1. The Labute approximate surface area is 251 Å². The number of benzene rings is 4. The van der Waals surface area contributed by atoms with Crippen molar-refractivity contribution in [2.45, 2.75) is 36.7 Å². The average molecular weight is 598 g/mol. The number of nitrogens with zero attached hydrogens (tertiary/aromatic N) is 2. The molecule has 1 aliphatic rings. The van der Waals surface area contributed by atoms with Crippen molar-refractivity contribution in [1.82, 2.24) is 14.2 Å². The van der Waals surface area contributed by atoms with Crippen LogP contribution in [0.25, 0.3) is 21.7 Å². The molecule has 0 radical (unpaired) electrons. The highest BCUT2D eigenvalue weighted by molar-refractivity contribution is 7.89. The highest BCUT2D eigenvalue weighted by Gasteiger charge is 2.40. The zero-order valence-electron chi connectivity index (χ0n) is 24.3. The van der Waals surface area contributed by atoms with E-state index < -0.39 is 10.0 Å². The number of ether oxygens (including phenoxy) is 2. The van der Waals surface area contributed by atoms with Crippen molar-refractivity contribution >= 4 is 37.6 Å². The molecule has 1 saturated carbocycles. The summed E-state index contributed by atoms with van der Waals surface area (Å²) in [7, 11) is -0.771. The molecule has 8 nitrogen and oxygen atoms in total. The van der Waals surface area contributed by atoms with Gasteiger partial charge in [-0.05, 0) is 60.0 Å². The van der Waals surface area contributed by atoms with Crippen molar-refractivity contribution in [2.75, 3.05) is 27.3 Å². The van der Waals surface area contributed by atoms with E-state index in [-0.39, 0.29) is 23.4 Å². The van der Waals surface area contributed by atoms with Crippen LogP contribution in [0, 0.1) is 0 Å². The fourth-order valence-electron chi connectivity index (χ4n) is 5.64. The minimum absolute atomic E-state index is 0.190. The number of carbonyl (C=O) groups excluding carboxylic acids is 1. The smallest absolute Gasteiger partial charge is 0.244 e. The first-order valence-electron chi connectivity index (χ1n) is 14.4. The molecule has 0 unspecified atom stereocenters. The normalized spacial score (nSPS) is 13.5. The van der Waals surface area contributed by atoms with Gasteiger partial charge in [0.15, 0.2) is 11.5 Å². The molecule has 1 aromatic heterocycles. The van der Waals surface area contributed by atoms with E-state index in [0.29, 0.717) is 36.4 Å². The molecule has 1 N–H and O–H groups in total. The first-order chi connectivity index (χ1) is 20.9. The molecule has 222 valence electrons. The molecule has 9 heteroatoms. The molecule has 0 bridgehead atoms. The number of aromatic amines is 1. The number of amides is 1. The Morgan fingerprint density at radius 2 is 1.60 bits per heavy atom. The molecule has 1 aliphatic carbocycles. The maximum absolute atomic E-state index is 14.1. The maximum atomic E-state index is 14.1. The zero-order valence-corrected chi connectivity index (χ0v) is 25.1. The van der Waals surface area contributed by atoms with Crippen LogP contribution >= 0.6 is 0 Å².